The van der Waals surface area contributed by atoms with Crippen LogP contribution in [0.1, 0.15) is 24.9 Å². The first-order chi connectivity index (χ1) is 9.56. The van der Waals surface area contributed by atoms with Crippen molar-refractivity contribution in [2.24, 2.45) is 5.92 Å². The Morgan fingerprint density at radius 1 is 1.35 bits per heavy atom. The van der Waals surface area contributed by atoms with Crippen LogP contribution >= 0.6 is 0 Å². The number of benzene rings is 1. The predicted molar refractivity (Wildman–Crippen MR) is 75.3 cm³/mol. The van der Waals surface area contributed by atoms with Crippen molar-refractivity contribution < 1.29 is 19.4 Å². The quantitative estimate of drug-likeness (QED) is 0.895. The number of methoxy groups -OCH3 is 2. The van der Waals surface area contributed by atoms with Gasteiger partial charge in [-0.25, -0.2) is 0 Å². The van der Waals surface area contributed by atoms with Crippen LogP contribution in [0.15, 0.2) is 18.2 Å². The summed E-state index contributed by atoms with van der Waals surface area (Å²) in [5.74, 6) is 0.448. The molecule has 0 spiro atoms. The van der Waals surface area contributed by atoms with E-state index in [0.717, 1.165) is 12.1 Å². The van der Waals surface area contributed by atoms with Crippen molar-refractivity contribution >= 4 is 5.97 Å². The van der Waals surface area contributed by atoms with Gasteiger partial charge in [0.15, 0.2) is 11.5 Å². The summed E-state index contributed by atoms with van der Waals surface area (Å²) >= 11 is 0. The van der Waals surface area contributed by atoms with E-state index >= 15 is 0 Å². The molecule has 2 rings (SSSR count). The van der Waals surface area contributed by atoms with E-state index in [0.29, 0.717) is 24.5 Å². The Morgan fingerprint density at radius 2 is 2.05 bits per heavy atom. The summed E-state index contributed by atoms with van der Waals surface area (Å²) in [6.07, 6.45) is 0.715. The molecule has 1 N–H and O–H groups in total. The highest BCUT2D eigenvalue weighted by molar-refractivity contribution is 5.70. The minimum atomic E-state index is -0.702. The summed E-state index contributed by atoms with van der Waals surface area (Å²) in [5.41, 5.74) is 1.11. The molecule has 2 atom stereocenters. The summed E-state index contributed by atoms with van der Waals surface area (Å²) in [5, 5.41) is 9.07. The number of nitrogens with zero attached hydrogens (tertiary/aromatic N) is 1. The monoisotopic (exact) mass is 279 g/mol. The standard InChI is InChI=1S/C15H21NO4/c1-10(16-7-6-12(9-16)15(17)18)11-4-5-13(19-2)14(8-11)20-3/h4-5,8,10,12H,6-7,9H2,1-3H3,(H,17,18). The van der Waals surface area contributed by atoms with Gasteiger partial charge in [-0.15, -0.1) is 0 Å². The Kier molecular flexibility index (Phi) is 4.49. The van der Waals surface area contributed by atoms with Crippen molar-refractivity contribution in [3.63, 3.8) is 0 Å². The smallest absolute Gasteiger partial charge is 0.307 e. The summed E-state index contributed by atoms with van der Waals surface area (Å²) < 4.78 is 10.5. The Balaban J connectivity index is 2.13. The van der Waals surface area contributed by atoms with E-state index in [1.54, 1.807) is 14.2 Å². The molecule has 1 aromatic carbocycles. The normalized spacial score (nSPS) is 20.6. The second kappa shape index (κ2) is 6.13. The zero-order chi connectivity index (χ0) is 14.7. The summed E-state index contributed by atoms with van der Waals surface area (Å²) in [6.45, 7) is 3.50. The lowest BCUT2D eigenvalue weighted by molar-refractivity contribution is -0.141. The minimum absolute atomic E-state index is 0.166. The summed E-state index contributed by atoms with van der Waals surface area (Å²) in [4.78, 5) is 13.2. The van der Waals surface area contributed by atoms with Crippen LogP contribution in [0.25, 0.3) is 0 Å². The molecule has 1 aliphatic heterocycles. The number of aliphatic carboxylic acids is 1. The molecular weight excluding hydrogens is 258 g/mol. The highest BCUT2D eigenvalue weighted by Crippen LogP contribution is 2.33. The number of rotatable bonds is 5. The Morgan fingerprint density at radius 3 is 2.60 bits per heavy atom. The predicted octanol–water partition coefficient (Wildman–Crippen LogP) is 2.17. The van der Waals surface area contributed by atoms with Gasteiger partial charge in [-0.1, -0.05) is 6.07 Å². The van der Waals surface area contributed by atoms with Crippen LogP contribution in [0, 0.1) is 5.92 Å². The third kappa shape index (κ3) is 2.88. The van der Waals surface area contributed by atoms with Gasteiger partial charge in [0, 0.05) is 12.6 Å². The van der Waals surface area contributed by atoms with Crippen LogP contribution in [0.4, 0.5) is 0 Å². The molecule has 0 radical (unpaired) electrons. The number of carboxylic acid groups (broad SMARTS) is 1. The molecule has 2 unspecified atom stereocenters. The largest absolute Gasteiger partial charge is 0.493 e. The third-order valence-electron chi connectivity index (χ3n) is 4.01. The molecule has 0 saturated carbocycles. The zero-order valence-corrected chi connectivity index (χ0v) is 12.1. The number of likely N-dealkylation sites (tertiary alicyclic amines) is 1. The van der Waals surface area contributed by atoms with Gasteiger partial charge in [0.05, 0.1) is 20.1 Å². The zero-order valence-electron chi connectivity index (χ0n) is 12.1. The number of carboxylic acids is 1. The fraction of sp³-hybridized carbons (Fsp3) is 0.533. The molecule has 110 valence electrons. The summed E-state index contributed by atoms with van der Waals surface area (Å²) in [6, 6.07) is 6.01. The maximum absolute atomic E-state index is 11.0. The Labute approximate surface area is 119 Å². The van der Waals surface area contributed by atoms with Gasteiger partial charge >= 0.3 is 5.97 Å². The highest BCUT2D eigenvalue weighted by Gasteiger charge is 2.31. The lowest BCUT2D eigenvalue weighted by Crippen LogP contribution is -2.26. The maximum atomic E-state index is 11.0. The molecule has 0 bridgehead atoms. The van der Waals surface area contributed by atoms with E-state index in [1.807, 2.05) is 18.2 Å². The van der Waals surface area contributed by atoms with Gasteiger partial charge in [-0.2, -0.15) is 0 Å². The molecule has 0 aliphatic carbocycles. The van der Waals surface area contributed by atoms with Crippen LogP contribution in [0.5, 0.6) is 11.5 Å². The average molecular weight is 279 g/mol. The number of hydrogen-bond acceptors (Lipinski definition) is 4. The molecule has 1 fully saturated rings. The SMILES string of the molecule is COc1ccc(C(C)N2CCC(C(=O)O)C2)cc1OC. The van der Waals surface area contributed by atoms with E-state index < -0.39 is 5.97 Å². The molecule has 1 aromatic rings. The van der Waals surface area contributed by atoms with E-state index in [4.69, 9.17) is 14.6 Å². The molecule has 5 heteroatoms. The molecule has 0 aromatic heterocycles. The van der Waals surface area contributed by atoms with Crippen molar-refractivity contribution in [2.45, 2.75) is 19.4 Å². The van der Waals surface area contributed by atoms with Crippen molar-refractivity contribution in [1.82, 2.24) is 4.90 Å². The van der Waals surface area contributed by atoms with Crippen molar-refractivity contribution in [1.29, 1.82) is 0 Å². The molecule has 20 heavy (non-hydrogen) atoms. The molecule has 1 aliphatic rings. The number of carbonyl (C=O) groups is 1. The first-order valence-electron chi connectivity index (χ1n) is 6.75. The second-order valence-electron chi connectivity index (χ2n) is 5.11. The first-order valence-corrected chi connectivity index (χ1v) is 6.75. The minimum Gasteiger partial charge on any atom is -0.493 e. The van der Waals surface area contributed by atoms with E-state index in [9.17, 15) is 4.79 Å². The Bertz CT molecular complexity index is 489. The van der Waals surface area contributed by atoms with E-state index in [1.165, 1.54) is 0 Å². The van der Waals surface area contributed by atoms with Gasteiger partial charge < -0.3 is 14.6 Å². The first kappa shape index (κ1) is 14.7. The lowest BCUT2D eigenvalue weighted by atomic mass is 10.1. The Hall–Kier alpha value is -1.75. The second-order valence-corrected chi connectivity index (χ2v) is 5.11. The summed E-state index contributed by atoms with van der Waals surface area (Å²) in [7, 11) is 3.22. The topological polar surface area (TPSA) is 59.0 Å². The van der Waals surface area contributed by atoms with Crippen molar-refractivity contribution in [2.75, 3.05) is 27.3 Å². The lowest BCUT2D eigenvalue weighted by Gasteiger charge is -2.25. The van der Waals surface area contributed by atoms with E-state index in [-0.39, 0.29) is 12.0 Å². The van der Waals surface area contributed by atoms with Crippen LogP contribution in [0.3, 0.4) is 0 Å². The van der Waals surface area contributed by atoms with Crippen LogP contribution in [0.2, 0.25) is 0 Å². The fourth-order valence-corrected chi connectivity index (χ4v) is 2.66. The molecule has 0 amide bonds. The number of ether oxygens (including phenoxy) is 2. The fourth-order valence-electron chi connectivity index (χ4n) is 2.66. The van der Waals surface area contributed by atoms with E-state index in [2.05, 4.69) is 11.8 Å². The van der Waals surface area contributed by atoms with Crippen LogP contribution < -0.4 is 9.47 Å². The molecular formula is C15H21NO4. The van der Waals surface area contributed by atoms with Crippen molar-refractivity contribution in [3.05, 3.63) is 23.8 Å². The van der Waals surface area contributed by atoms with Gasteiger partial charge in [-0.05, 0) is 37.6 Å². The molecule has 5 nitrogen and oxygen atoms in total. The molecule has 1 saturated heterocycles. The third-order valence-corrected chi connectivity index (χ3v) is 4.01. The van der Waals surface area contributed by atoms with Crippen LogP contribution in [-0.4, -0.2) is 43.3 Å². The van der Waals surface area contributed by atoms with Gasteiger partial charge in [0.2, 0.25) is 0 Å². The maximum Gasteiger partial charge on any atom is 0.307 e. The van der Waals surface area contributed by atoms with Gasteiger partial charge in [0.25, 0.3) is 0 Å². The molecule has 1 heterocycles. The number of hydrogen-bond donors (Lipinski definition) is 1. The average Bonchev–Trinajstić information content (AvgIpc) is 2.95. The van der Waals surface area contributed by atoms with Crippen LogP contribution in [-0.2, 0) is 4.79 Å². The van der Waals surface area contributed by atoms with Gasteiger partial charge in [-0.3, -0.25) is 9.69 Å². The van der Waals surface area contributed by atoms with Gasteiger partial charge in [0.1, 0.15) is 0 Å². The highest BCUT2D eigenvalue weighted by atomic mass is 16.5. The van der Waals surface area contributed by atoms with Crippen molar-refractivity contribution in [3.8, 4) is 11.5 Å².